The maximum absolute atomic E-state index is 12.3. The van der Waals surface area contributed by atoms with Gasteiger partial charge in [-0.25, -0.2) is 4.98 Å². The summed E-state index contributed by atoms with van der Waals surface area (Å²) in [6.45, 7) is 1.95. The molecule has 24 heavy (non-hydrogen) atoms. The van der Waals surface area contributed by atoms with Crippen molar-refractivity contribution in [3.63, 3.8) is 0 Å². The Labute approximate surface area is 149 Å². The average Bonchev–Trinajstić information content (AvgIpc) is 3.25. The van der Waals surface area contributed by atoms with Crippen LogP contribution in [0, 0.1) is 0 Å². The summed E-state index contributed by atoms with van der Waals surface area (Å²) in [5, 5.41) is 10.00. The molecule has 4 nitrogen and oxygen atoms in total. The van der Waals surface area contributed by atoms with Crippen molar-refractivity contribution in [1.82, 2.24) is 10.3 Å². The van der Waals surface area contributed by atoms with Crippen molar-refractivity contribution in [1.29, 1.82) is 0 Å². The molecular formula is C18H18N2O2S2. The van der Waals surface area contributed by atoms with Gasteiger partial charge in [-0.15, -0.1) is 11.3 Å². The lowest BCUT2D eigenvalue weighted by molar-refractivity contribution is -0.121. The van der Waals surface area contributed by atoms with E-state index in [1.807, 2.05) is 48.0 Å². The van der Waals surface area contributed by atoms with Crippen molar-refractivity contribution in [3.05, 3.63) is 57.7 Å². The Morgan fingerprint density at radius 3 is 2.88 bits per heavy atom. The Hall–Kier alpha value is -2.18. The lowest BCUT2D eigenvalue weighted by atomic mass is 10.1. The van der Waals surface area contributed by atoms with Crippen LogP contribution in [-0.4, -0.2) is 18.0 Å². The van der Waals surface area contributed by atoms with Crippen molar-refractivity contribution in [2.45, 2.75) is 19.4 Å². The molecule has 1 atom stereocenters. The molecule has 1 amide bonds. The standard InChI is InChI=1S/C18H18N2O2S2/c1-12(15-5-3-4-6-16(15)22-2)19-17(21)9-14-11-24-18(20-14)13-7-8-23-10-13/h3-8,10-12H,9H2,1-2H3,(H,19,21)/t12-/m1/s1. The highest BCUT2D eigenvalue weighted by molar-refractivity contribution is 7.14. The van der Waals surface area contributed by atoms with Crippen molar-refractivity contribution in [2.75, 3.05) is 7.11 Å². The molecule has 0 aliphatic carbocycles. The van der Waals surface area contributed by atoms with E-state index in [-0.39, 0.29) is 18.4 Å². The van der Waals surface area contributed by atoms with Crippen molar-refractivity contribution in [3.8, 4) is 16.3 Å². The average molecular weight is 358 g/mol. The molecule has 1 N–H and O–H groups in total. The molecule has 0 fully saturated rings. The van der Waals surface area contributed by atoms with Gasteiger partial charge in [0.1, 0.15) is 10.8 Å². The Balaban J connectivity index is 1.63. The summed E-state index contributed by atoms with van der Waals surface area (Å²) in [7, 11) is 1.63. The van der Waals surface area contributed by atoms with E-state index in [1.54, 1.807) is 29.8 Å². The number of nitrogens with zero attached hydrogens (tertiary/aromatic N) is 1. The number of carbonyl (C=O) groups is 1. The minimum atomic E-state index is -0.122. The molecule has 0 saturated heterocycles. The number of ether oxygens (including phenoxy) is 1. The summed E-state index contributed by atoms with van der Waals surface area (Å²) >= 11 is 3.21. The van der Waals surface area contributed by atoms with E-state index in [0.29, 0.717) is 0 Å². The SMILES string of the molecule is COc1ccccc1[C@@H](C)NC(=O)Cc1csc(-c2ccsc2)n1. The number of hydrogen-bond donors (Lipinski definition) is 1. The van der Waals surface area contributed by atoms with Gasteiger partial charge in [-0.3, -0.25) is 4.79 Å². The number of aromatic nitrogens is 1. The highest BCUT2D eigenvalue weighted by atomic mass is 32.1. The third-order valence-corrected chi connectivity index (χ3v) is 5.27. The Morgan fingerprint density at radius 1 is 1.29 bits per heavy atom. The maximum Gasteiger partial charge on any atom is 0.226 e. The van der Waals surface area contributed by atoms with Crippen LogP contribution in [0.1, 0.15) is 24.2 Å². The predicted octanol–water partition coefficient (Wildman–Crippen LogP) is 4.30. The lowest BCUT2D eigenvalue weighted by Gasteiger charge is -2.16. The number of nitrogens with one attached hydrogen (secondary N) is 1. The summed E-state index contributed by atoms with van der Waals surface area (Å²) in [4.78, 5) is 16.9. The van der Waals surface area contributed by atoms with Crippen LogP contribution in [-0.2, 0) is 11.2 Å². The summed E-state index contributed by atoms with van der Waals surface area (Å²) in [6.07, 6.45) is 0.278. The second kappa shape index (κ2) is 7.59. The molecule has 0 spiro atoms. The van der Waals surface area contributed by atoms with Gasteiger partial charge in [-0.05, 0) is 24.4 Å². The van der Waals surface area contributed by atoms with Gasteiger partial charge in [-0.1, -0.05) is 18.2 Å². The van der Waals surface area contributed by atoms with Crippen LogP contribution >= 0.6 is 22.7 Å². The number of hydrogen-bond acceptors (Lipinski definition) is 5. The van der Waals surface area contributed by atoms with Crippen LogP contribution in [0.25, 0.3) is 10.6 Å². The fourth-order valence-corrected chi connectivity index (χ4v) is 4.00. The molecule has 3 rings (SSSR count). The number of carbonyl (C=O) groups excluding carboxylic acids is 1. The first kappa shape index (κ1) is 16.7. The topological polar surface area (TPSA) is 51.2 Å². The molecule has 3 aromatic rings. The minimum absolute atomic E-state index is 0.0458. The van der Waals surface area contributed by atoms with Crippen LogP contribution in [0.2, 0.25) is 0 Å². The normalized spacial score (nSPS) is 11.9. The van der Waals surface area contributed by atoms with Gasteiger partial charge in [0.2, 0.25) is 5.91 Å². The Bertz CT molecular complexity index is 812. The van der Waals surface area contributed by atoms with Gasteiger partial charge in [0.15, 0.2) is 0 Å². The molecule has 1 aromatic carbocycles. The highest BCUT2D eigenvalue weighted by Crippen LogP contribution is 2.26. The van der Waals surface area contributed by atoms with Gasteiger partial charge in [-0.2, -0.15) is 11.3 Å². The molecule has 124 valence electrons. The van der Waals surface area contributed by atoms with E-state index in [1.165, 1.54) is 0 Å². The lowest BCUT2D eigenvalue weighted by Crippen LogP contribution is -2.28. The third kappa shape index (κ3) is 3.83. The minimum Gasteiger partial charge on any atom is -0.496 e. The zero-order valence-electron chi connectivity index (χ0n) is 13.5. The quantitative estimate of drug-likeness (QED) is 0.715. The van der Waals surface area contributed by atoms with Crippen LogP contribution < -0.4 is 10.1 Å². The second-order valence-corrected chi connectivity index (χ2v) is 7.00. The molecule has 2 heterocycles. The maximum atomic E-state index is 12.3. The van der Waals surface area contributed by atoms with Crippen LogP contribution in [0.5, 0.6) is 5.75 Å². The van der Waals surface area contributed by atoms with Gasteiger partial charge in [0.25, 0.3) is 0 Å². The number of benzene rings is 1. The Morgan fingerprint density at radius 2 is 2.12 bits per heavy atom. The second-order valence-electron chi connectivity index (χ2n) is 5.36. The van der Waals surface area contributed by atoms with Gasteiger partial charge >= 0.3 is 0 Å². The van der Waals surface area contributed by atoms with Crippen molar-refractivity contribution < 1.29 is 9.53 Å². The molecule has 0 saturated carbocycles. The van der Waals surface area contributed by atoms with Crippen LogP contribution in [0.15, 0.2) is 46.5 Å². The number of rotatable bonds is 6. The molecular weight excluding hydrogens is 340 g/mol. The van der Waals surface area contributed by atoms with Gasteiger partial charge < -0.3 is 10.1 Å². The molecule has 0 aliphatic heterocycles. The number of methoxy groups -OCH3 is 1. The van der Waals surface area contributed by atoms with Gasteiger partial charge in [0.05, 0.1) is 25.3 Å². The highest BCUT2D eigenvalue weighted by Gasteiger charge is 2.15. The van der Waals surface area contributed by atoms with E-state index in [2.05, 4.69) is 15.7 Å². The summed E-state index contributed by atoms with van der Waals surface area (Å²) in [5.41, 5.74) is 2.87. The monoisotopic (exact) mass is 358 g/mol. The molecule has 0 radical (unpaired) electrons. The first-order chi connectivity index (χ1) is 11.7. The number of para-hydroxylation sites is 1. The zero-order valence-corrected chi connectivity index (χ0v) is 15.1. The van der Waals surface area contributed by atoms with E-state index in [4.69, 9.17) is 4.74 Å². The smallest absolute Gasteiger partial charge is 0.226 e. The number of amides is 1. The molecule has 0 unspecified atom stereocenters. The fraction of sp³-hybridized carbons (Fsp3) is 0.222. The van der Waals surface area contributed by atoms with Gasteiger partial charge in [0, 0.05) is 21.9 Å². The molecule has 2 aromatic heterocycles. The molecule has 0 aliphatic rings. The molecule has 0 bridgehead atoms. The fourth-order valence-electron chi connectivity index (χ4n) is 2.47. The summed E-state index contributed by atoms with van der Waals surface area (Å²) in [6, 6.07) is 9.62. The number of thiophene rings is 1. The van der Waals surface area contributed by atoms with Crippen molar-refractivity contribution in [2.24, 2.45) is 0 Å². The largest absolute Gasteiger partial charge is 0.496 e. The first-order valence-electron chi connectivity index (χ1n) is 7.56. The Kier molecular flexibility index (Phi) is 5.27. The zero-order chi connectivity index (χ0) is 16.9. The van der Waals surface area contributed by atoms with E-state index in [0.717, 1.165) is 27.6 Å². The predicted molar refractivity (Wildman–Crippen MR) is 98.7 cm³/mol. The summed E-state index contributed by atoms with van der Waals surface area (Å²) in [5.74, 6) is 0.731. The van der Waals surface area contributed by atoms with E-state index in [9.17, 15) is 4.79 Å². The molecule has 6 heteroatoms. The van der Waals surface area contributed by atoms with Crippen LogP contribution in [0.3, 0.4) is 0 Å². The van der Waals surface area contributed by atoms with Crippen molar-refractivity contribution >= 4 is 28.6 Å². The van der Waals surface area contributed by atoms with Crippen LogP contribution in [0.4, 0.5) is 0 Å². The third-order valence-electron chi connectivity index (χ3n) is 3.64. The van der Waals surface area contributed by atoms with E-state index < -0.39 is 0 Å². The number of thiazole rings is 1. The van der Waals surface area contributed by atoms with E-state index >= 15 is 0 Å². The summed E-state index contributed by atoms with van der Waals surface area (Å²) < 4.78 is 5.35. The first-order valence-corrected chi connectivity index (χ1v) is 9.39.